The van der Waals surface area contributed by atoms with Gasteiger partial charge in [-0.05, 0) is 135 Å². The number of allylic oxidation sites excluding steroid dienone is 6. The number of aliphatic hydroxyl groups is 2. The lowest BCUT2D eigenvalue weighted by atomic mass is 9.86. The maximum absolute atomic E-state index is 12.6. The predicted molar refractivity (Wildman–Crippen MR) is 325 cm³/mol. The van der Waals surface area contributed by atoms with Gasteiger partial charge >= 0.3 is 5.97 Å². The van der Waals surface area contributed by atoms with Gasteiger partial charge in [-0.15, -0.1) is 0 Å². The summed E-state index contributed by atoms with van der Waals surface area (Å²) in [6, 6.07) is -0.0235. The highest BCUT2D eigenvalue weighted by molar-refractivity contribution is 5.88. The number of unbranched alkanes of at least 4 members (excludes halogenated alkanes) is 5. The molecule has 18 nitrogen and oxygen atoms in total. The van der Waals surface area contributed by atoms with Crippen molar-refractivity contribution in [2.45, 2.75) is 256 Å². The SMILES string of the molecule is CC(/C=C/[C@H]1O[C@H](CC(=O)CCCCCCN)C[C@@]2(CO2)[C@@H]1O)=C\C[C@@H]1O[C@H](C)[C@H](NC(=O)/C=C\C(C)C)C[C@@H]1C.CC(/C=C/[C@H]1O[C@H](CC(=O)O)C[C@@]2(CO2)[C@@H]1O)=C\C[C@@H]1O[C@H](C)[C@H](NC(=O)/C=C\C(C)C)C[C@@H]1C.NCCCCCN. The lowest BCUT2D eigenvalue weighted by molar-refractivity contribution is -0.155. The van der Waals surface area contributed by atoms with Crippen LogP contribution >= 0.6 is 0 Å². The van der Waals surface area contributed by atoms with Gasteiger partial charge in [-0.25, -0.2) is 0 Å². The molecule has 2 amide bonds. The highest BCUT2D eigenvalue weighted by Gasteiger charge is 2.59. The standard InChI is InChI=1S/C33H54N2O6.C27H41NO7.C5H14N2/c1-22(2)11-16-31(37)35-28-18-24(4)29(40-25(28)5)14-12-23(3)13-15-30-32(38)33(21-39-33)20-27(41-30)19-26(36)10-8-6-7-9-17-34;1-16(2)6-11-24(29)28-21-12-18(4)22(34-19(21)5)9-7-17(3)8-10-23-26(32)27(15-33-27)14-20(35-23)13-25(30)31;6-4-2-1-3-5-7/h11-13,15-16,22,24-25,27-30,32,38H,6-10,14,17-21,34H2,1-5H3,(H,35,37);6-8,10-11,16,18-23,26,32H,9,12-15H2,1-5H3,(H,28,29)(H,30,31);1-7H2/b15-13+,16-11-,23-12+;10-8+,11-6-,17-7+;/t24-,25+,27+,28+,29-,30+,32+,33+;18-,19+,20+,21+,22-,23+,26+,27+;/m00./s1. The molecule has 0 radical (unpaired) electrons. The highest BCUT2D eigenvalue weighted by Crippen LogP contribution is 2.45. The Balaban J connectivity index is 0.000000322. The van der Waals surface area contributed by atoms with Crippen LogP contribution in [0.2, 0.25) is 0 Å². The number of ketones is 1. The molecule has 0 unspecified atom stereocenters. The van der Waals surface area contributed by atoms with Gasteiger partial charge < -0.3 is 71.6 Å². The molecule has 0 aromatic carbocycles. The molecule has 83 heavy (non-hydrogen) atoms. The Labute approximate surface area is 497 Å². The molecular formula is C65H109N5O13. The number of carboxylic acid groups (broad SMARTS) is 1. The van der Waals surface area contributed by atoms with E-state index in [1.165, 1.54) is 6.42 Å². The molecule has 0 aromatic rings. The Hall–Kier alpha value is -3.92. The minimum atomic E-state index is -0.925. The number of carbonyl (C=O) groups excluding carboxylic acids is 3. The number of hydrogen-bond acceptors (Lipinski definition) is 15. The first-order valence-corrected chi connectivity index (χ1v) is 31.2. The summed E-state index contributed by atoms with van der Waals surface area (Å²) in [4.78, 5) is 48.1. The monoisotopic (exact) mass is 1170 g/mol. The molecule has 0 bridgehead atoms. The zero-order valence-electron chi connectivity index (χ0n) is 52.0. The molecule has 0 aliphatic carbocycles. The van der Waals surface area contributed by atoms with Gasteiger partial charge in [0.25, 0.3) is 0 Å². The summed E-state index contributed by atoms with van der Waals surface area (Å²) in [6.07, 6.45) is 27.7. The molecule has 18 heteroatoms. The van der Waals surface area contributed by atoms with Crippen LogP contribution in [0.25, 0.3) is 0 Å². The summed E-state index contributed by atoms with van der Waals surface area (Å²) in [6.45, 7) is 23.7. The summed E-state index contributed by atoms with van der Waals surface area (Å²) in [5.41, 5.74) is 16.8. The normalized spacial score (nSPS) is 33.7. The van der Waals surface area contributed by atoms with Crippen LogP contribution in [-0.4, -0.2) is 156 Å². The van der Waals surface area contributed by atoms with E-state index in [9.17, 15) is 29.4 Å². The fraction of sp³-hybridized carbons (Fsp3) is 0.754. The number of nitrogens with two attached hydrogens (primary N) is 3. The zero-order valence-corrected chi connectivity index (χ0v) is 52.0. The molecule has 2 spiro atoms. The number of carboxylic acids is 1. The average Bonchev–Trinajstić information content (AvgIpc) is 2.20. The first-order valence-electron chi connectivity index (χ1n) is 31.2. The lowest BCUT2D eigenvalue weighted by Crippen LogP contribution is -2.50. The molecule has 6 heterocycles. The van der Waals surface area contributed by atoms with Gasteiger partial charge in [0.2, 0.25) is 11.8 Å². The second-order valence-corrected chi connectivity index (χ2v) is 25.1. The number of aliphatic hydroxyl groups excluding tert-OH is 2. The number of Topliss-reactive ketones (excluding diaryl/α,β-unsaturated/α-hetero) is 1. The van der Waals surface area contributed by atoms with Gasteiger partial charge in [0, 0.05) is 25.7 Å². The van der Waals surface area contributed by atoms with Gasteiger partial charge in [-0.3, -0.25) is 19.2 Å². The third kappa shape index (κ3) is 25.5. The number of aliphatic carboxylic acids is 1. The summed E-state index contributed by atoms with van der Waals surface area (Å²) >= 11 is 0. The molecule has 6 aliphatic rings. The van der Waals surface area contributed by atoms with Crippen molar-refractivity contribution in [3.05, 3.63) is 71.9 Å². The molecule has 0 saturated carbocycles. The van der Waals surface area contributed by atoms with E-state index >= 15 is 0 Å². The van der Waals surface area contributed by atoms with Crippen LogP contribution in [0.1, 0.15) is 172 Å². The minimum absolute atomic E-state index is 0.00609. The van der Waals surface area contributed by atoms with E-state index < -0.39 is 47.7 Å². The van der Waals surface area contributed by atoms with Crippen LogP contribution in [0.15, 0.2) is 71.9 Å². The molecule has 6 saturated heterocycles. The lowest BCUT2D eigenvalue weighted by Gasteiger charge is -2.39. The van der Waals surface area contributed by atoms with Crippen molar-refractivity contribution in [2.75, 3.05) is 32.8 Å². The van der Waals surface area contributed by atoms with Crippen molar-refractivity contribution in [1.82, 2.24) is 10.6 Å². The Morgan fingerprint density at radius 1 is 0.578 bits per heavy atom. The quantitative estimate of drug-likeness (QED) is 0.0161. The minimum Gasteiger partial charge on any atom is -0.481 e. The topological polar surface area (TPSA) is 293 Å². The van der Waals surface area contributed by atoms with E-state index in [0.717, 1.165) is 88.4 Å². The Morgan fingerprint density at radius 2 is 0.964 bits per heavy atom. The summed E-state index contributed by atoms with van der Waals surface area (Å²) in [7, 11) is 0. The van der Waals surface area contributed by atoms with E-state index in [2.05, 4.69) is 36.6 Å². The van der Waals surface area contributed by atoms with Crippen molar-refractivity contribution in [1.29, 1.82) is 0 Å². The molecular weight excluding hydrogens is 1060 g/mol. The molecule has 6 aliphatic heterocycles. The average molecular weight is 1170 g/mol. The van der Waals surface area contributed by atoms with Crippen LogP contribution in [-0.2, 0) is 47.6 Å². The Bertz CT molecular complexity index is 2170. The van der Waals surface area contributed by atoms with Crippen molar-refractivity contribution in [3.8, 4) is 0 Å². The van der Waals surface area contributed by atoms with Crippen molar-refractivity contribution >= 4 is 23.6 Å². The van der Waals surface area contributed by atoms with Gasteiger partial charge in [-0.2, -0.15) is 0 Å². The second kappa shape index (κ2) is 36.3. The van der Waals surface area contributed by atoms with E-state index in [-0.39, 0.29) is 72.5 Å². The first kappa shape index (κ1) is 71.6. The summed E-state index contributed by atoms with van der Waals surface area (Å²) in [5.74, 6) is 0.377. The first-order chi connectivity index (χ1) is 39.4. The molecule has 0 aromatic heterocycles. The van der Waals surface area contributed by atoms with Gasteiger partial charge in [-0.1, -0.05) is 121 Å². The van der Waals surface area contributed by atoms with Gasteiger partial charge in [0.15, 0.2) is 0 Å². The fourth-order valence-electron chi connectivity index (χ4n) is 11.1. The van der Waals surface area contributed by atoms with Crippen LogP contribution < -0.4 is 27.8 Å². The van der Waals surface area contributed by atoms with Gasteiger partial charge in [0.1, 0.15) is 41.4 Å². The zero-order chi connectivity index (χ0) is 61.3. The second-order valence-electron chi connectivity index (χ2n) is 25.1. The van der Waals surface area contributed by atoms with Crippen LogP contribution in [0.4, 0.5) is 0 Å². The van der Waals surface area contributed by atoms with Gasteiger partial charge in [0.05, 0.1) is 68.3 Å². The van der Waals surface area contributed by atoms with E-state index in [1.54, 1.807) is 18.2 Å². The van der Waals surface area contributed by atoms with Crippen molar-refractivity contribution < 1.29 is 62.9 Å². The number of ether oxygens (including phenoxy) is 6. The smallest absolute Gasteiger partial charge is 0.305 e. The number of rotatable bonds is 28. The van der Waals surface area contributed by atoms with Crippen LogP contribution in [0.3, 0.4) is 0 Å². The highest BCUT2D eigenvalue weighted by atomic mass is 16.6. The molecule has 11 N–H and O–H groups in total. The summed E-state index contributed by atoms with van der Waals surface area (Å²) < 4.78 is 35.8. The van der Waals surface area contributed by atoms with Crippen LogP contribution in [0.5, 0.6) is 0 Å². The van der Waals surface area contributed by atoms with Crippen LogP contribution in [0, 0.1) is 23.7 Å². The van der Waals surface area contributed by atoms with Crippen molar-refractivity contribution in [2.24, 2.45) is 40.9 Å². The molecule has 16 atom stereocenters. The Morgan fingerprint density at radius 3 is 1.34 bits per heavy atom. The predicted octanol–water partition coefficient (Wildman–Crippen LogP) is 7.77. The Kier molecular flexibility index (Phi) is 31.3. The third-order valence-electron chi connectivity index (χ3n) is 16.5. The number of epoxide rings is 2. The third-order valence-corrected chi connectivity index (χ3v) is 16.5. The maximum Gasteiger partial charge on any atom is 0.305 e. The molecule has 6 fully saturated rings. The van der Waals surface area contributed by atoms with E-state index in [1.807, 2.05) is 85.8 Å². The fourth-order valence-corrected chi connectivity index (χ4v) is 11.1. The van der Waals surface area contributed by atoms with E-state index in [4.69, 9.17) is 50.7 Å². The molecule has 6 rings (SSSR count). The van der Waals surface area contributed by atoms with E-state index in [0.29, 0.717) is 63.2 Å². The number of amides is 2. The van der Waals surface area contributed by atoms with Crippen molar-refractivity contribution in [3.63, 3.8) is 0 Å². The number of nitrogens with one attached hydrogen (secondary N) is 2. The largest absolute Gasteiger partial charge is 0.481 e. The number of hydrogen-bond donors (Lipinski definition) is 8. The summed E-state index contributed by atoms with van der Waals surface area (Å²) in [5, 5.41) is 36.8. The number of carbonyl (C=O) groups is 4. The maximum atomic E-state index is 12.6. The molecule has 472 valence electrons.